The van der Waals surface area contributed by atoms with Crippen molar-refractivity contribution in [3.8, 4) is 0 Å². The minimum Gasteiger partial charge on any atom is -0.255 e. The molecule has 0 bridgehead atoms. The summed E-state index contributed by atoms with van der Waals surface area (Å²) in [5.74, 6) is -10.9. The van der Waals surface area contributed by atoms with E-state index in [9.17, 15) is 30.4 Å². The molecule has 0 atom stereocenters. The average Bonchev–Trinajstić information content (AvgIpc) is 2.99. The zero-order chi connectivity index (χ0) is 19.1. The van der Waals surface area contributed by atoms with E-state index in [0.29, 0.717) is 10.2 Å². The van der Waals surface area contributed by atoms with Crippen LogP contribution in [0.15, 0.2) is 29.7 Å². The molecule has 2 aromatic carbocycles. The maximum Gasteiger partial charge on any atom is 0.256 e. The van der Waals surface area contributed by atoms with Crippen LogP contribution >= 0.6 is 11.3 Å². The molecule has 0 amide bonds. The summed E-state index contributed by atoms with van der Waals surface area (Å²) in [5.41, 5.74) is -0.838. The van der Waals surface area contributed by atoms with Gasteiger partial charge in [0.25, 0.3) is 10.0 Å². The number of rotatable bonds is 4. The fourth-order valence-corrected chi connectivity index (χ4v) is 3.90. The fraction of sp³-hybridized carbons (Fsp3) is 0. The molecular weight excluding hydrogens is 399 g/mol. The Morgan fingerprint density at radius 3 is 2.12 bits per heavy atom. The van der Waals surface area contributed by atoms with Crippen LogP contribution in [0.1, 0.15) is 5.56 Å². The predicted octanol–water partition coefficient (Wildman–Crippen LogP) is 4.40. The molecule has 0 saturated carbocycles. The summed E-state index contributed by atoms with van der Waals surface area (Å²) in [4.78, 5) is 4.00. The molecule has 3 rings (SSSR count). The van der Waals surface area contributed by atoms with Crippen LogP contribution < -0.4 is 4.72 Å². The van der Waals surface area contributed by atoms with Gasteiger partial charge >= 0.3 is 0 Å². The van der Waals surface area contributed by atoms with Gasteiger partial charge in [-0.1, -0.05) is 23.5 Å². The number of anilines is 1. The van der Waals surface area contributed by atoms with Gasteiger partial charge in [-0.05, 0) is 18.2 Å². The average molecular weight is 406 g/mol. The first kappa shape index (κ1) is 18.3. The van der Waals surface area contributed by atoms with Gasteiger partial charge in [-0.3, -0.25) is 4.72 Å². The number of aromatic nitrogens is 1. The minimum absolute atomic E-state index is 0.0201. The van der Waals surface area contributed by atoms with Crippen LogP contribution in [-0.2, 0) is 10.0 Å². The lowest BCUT2D eigenvalue weighted by molar-refractivity contribution is 0.377. The maximum absolute atomic E-state index is 13.5. The van der Waals surface area contributed by atoms with Gasteiger partial charge in [0.05, 0.1) is 21.2 Å². The highest BCUT2D eigenvalue weighted by Gasteiger charge is 2.24. The van der Waals surface area contributed by atoms with E-state index in [1.165, 1.54) is 0 Å². The van der Waals surface area contributed by atoms with Crippen LogP contribution in [-0.4, -0.2) is 13.4 Å². The summed E-state index contributed by atoms with van der Waals surface area (Å²) >= 11 is 1.01. The van der Waals surface area contributed by atoms with E-state index in [1.54, 1.807) is 24.3 Å². The van der Waals surface area contributed by atoms with Gasteiger partial charge in [0.15, 0.2) is 28.4 Å². The molecule has 0 spiro atoms. The molecule has 26 heavy (non-hydrogen) atoms. The second-order valence-corrected chi connectivity index (χ2v) is 7.52. The van der Waals surface area contributed by atoms with Crippen molar-refractivity contribution in [2.45, 2.75) is 0 Å². The quantitative estimate of drug-likeness (QED) is 0.397. The lowest BCUT2D eigenvalue weighted by atomic mass is 10.1. The molecule has 0 aliphatic rings. The Labute approximate surface area is 147 Å². The lowest BCUT2D eigenvalue weighted by Crippen LogP contribution is -2.09. The standard InChI is InChI=1S/C15H7F5N2O2S2/c16-10-7(11(17)13(19)14(20)12(10)18)5-6-26(23,24)22-15-21-8-3-1-2-4-9(8)25-15/h1-6H,(H,21,22). The first-order valence-corrected chi connectivity index (χ1v) is 9.14. The van der Waals surface area contributed by atoms with Crippen molar-refractivity contribution < 1.29 is 30.4 Å². The van der Waals surface area contributed by atoms with Crippen molar-refractivity contribution >= 4 is 42.8 Å². The summed E-state index contributed by atoms with van der Waals surface area (Å²) in [6.07, 6.45) is 0.284. The fourth-order valence-electron chi connectivity index (χ4n) is 2.00. The van der Waals surface area contributed by atoms with Crippen molar-refractivity contribution in [3.63, 3.8) is 0 Å². The number of benzene rings is 2. The largest absolute Gasteiger partial charge is 0.256 e. The number of para-hydroxylation sites is 1. The summed E-state index contributed by atoms with van der Waals surface area (Å²) in [7, 11) is -4.30. The topological polar surface area (TPSA) is 59.1 Å². The second-order valence-electron chi connectivity index (χ2n) is 4.92. The molecule has 1 heterocycles. The SMILES string of the molecule is O=S(=O)(C=Cc1c(F)c(F)c(F)c(F)c1F)Nc1nc2ccccc2s1. The monoisotopic (exact) mass is 406 g/mol. The third kappa shape index (κ3) is 3.40. The van der Waals surface area contributed by atoms with Gasteiger partial charge in [-0.25, -0.2) is 35.4 Å². The van der Waals surface area contributed by atoms with Gasteiger partial charge in [0.2, 0.25) is 5.82 Å². The highest BCUT2D eigenvalue weighted by atomic mass is 32.2. The molecule has 4 nitrogen and oxygen atoms in total. The van der Waals surface area contributed by atoms with Gasteiger partial charge < -0.3 is 0 Å². The molecule has 0 unspecified atom stereocenters. The zero-order valence-corrected chi connectivity index (χ0v) is 14.1. The highest BCUT2D eigenvalue weighted by Crippen LogP contribution is 2.27. The molecule has 11 heteroatoms. The van der Waals surface area contributed by atoms with Crippen molar-refractivity contribution in [3.05, 3.63) is 64.3 Å². The van der Waals surface area contributed by atoms with Crippen LogP contribution in [0.2, 0.25) is 0 Å². The Morgan fingerprint density at radius 2 is 1.50 bits per heavy atom. The molecule has 136 valence electrons. The van der Waals surface area contributed by atoms with Gasteiger partial charge in [-0.2, -0.15) is 0 Å². The number of sulfonamides is 1. The molecule has 1 N–H and O–H groups in total. The Kier molecular flexibility index (Phi) is 4.67. The first-order chi connectivity index (χ1) is 12.2. The van der Waals surface area contributed by atoms with E-state index >= 15 is 0 Å². The number of fused-ring (bicyclic) bond motifs is 1. The first-order valence-electron chi connectivity index (χ1n) is 6.77. The van der Waals surface area contributed by atoms with Gasteiger partial charge in [0, 0.05) is 0 Å². The molecule has 1 aromatic heterocycles. The maximum atomic E-state index is 13.5. The normalized spacial score (nSPS) is 12.2. The third-order valence-electron chi connectivity index (χ3n) is 3.18. The highest BCUT2D eigenvalue weighted by molar-refractivity contribution is 7.95. The Morgan fingerprint density at radius 1 is 0.923 bits per heavy atom. The number of halogens is 5. The summed E-state index contributed by atoms with van der Waals surface area (Å²) in [6.45, 7) is 0. The third-order valence-corrected chi connectivity index (χ3v) is 5.23. The number of hydrogen-bond acceptors (Lipinski definition) is 4. The smallest absolute Gasteiger partial charge is 0.255 e. The molecule has 0 aliphatic carbocycles. The van der Waals surface area contributed by atoms with Crippen LogP contribution in [0.25, 0.3) is 16.3 Å². The van der Waals surface area contributed by atoms with Crippen LogP contribution in [0, 0.1) is 29.1 Å². The Bertz CT molecular complexity index is 1080. The van der Waals surface area contributed by atoms with E-state index in [2.05, 4.69) is 4.98 Å². The molecule has 3 aromatic rings. The van der Waals surface area contributed by atoms with Crippen molar-refractivity contribution in [2.75, 3.05) is 4.72 Å². The van der Waals surface area contributed by atoms with Gasteiger partial charge in [-0.15, -0.1) is 0 Å². The summed E-state index contributed by atoms with van der Waals surface area (Å²) in [6, 6.07) is 6.77. The molecular formula is C15H7F5N2O2S2. The Hall–Kier alpha value is -2.53. The van der Waals surface area contributed by atoms with Crippen molar-refractivity contribution in [1.29, 1.82) is 0 Å². The predicted molar refractivity (Wildman–Crippen MR) is 87.4 cm³/mol. The van der Waals surface area contributed by atoms with E-state index in [1.807, 2.05) is 4.72 Å². The van der Waals surface area contributed by atoms with Crippen molar-refractivity contribution in [1.82, 2.24) is 4.98 Å². The summed E-state index contributed by atoms with van der Waals surface area (Å²) in [5, 5.41) is 0.269. The van der Waals surface area contributed by atoms with Crippen LogP contribution in [0.4, 0.5) is 27.1 Å². The lowest BCUT2D eigenvalue weighted by Gasteiger charge is -2.04. The number of thiazole rings is 1. The van der Waals surface area contributed by atoms with E-state index in [4.69, 9.17) is 0 Å². The van der Waals surface area contributed by atoms with Crippen molar-refractivity contribution in [2.24, 2.45) is 0 Å². The number of nitrogens with zero attached hydrogens (tertiary/aromatic N) is 1. The van der Waals surface area contributed by atoms with E-state index in [0.717, 1.165) is 11.3 Å². The number of hydrogen-bond donors (Lipinski definition) is 1. The van der Waals surface area contributed by atoms with Gasteiger partial charge in [0.1, 0.15) is 0 Å². The molecule has 0 fully saturated rings. The second kappa shape index (κ2) is 6.65. The van der Waals surface area contributed by atoms with E-state index < -0.39 is 44.7 Å². The molecule has 0 radical (unpaired) electrons. The minimum atomic E-state index is -4.30. The summed E-state index contributed by atoms with van der Waals surface area (Å²) < 4.78 is 93.0. The number of nitrogens with one attached hydrogen (secondary N) is 1. The molecule has 0 aliphatic heterocycles. The van der Waals surface area contributed by atoms with Crippen LogP contribution in [0.5, 0.6) is 0 Å². The molecule has 0 saturated heterocycles. The van der Waals surface area contributed by atoms with Crippen LogP contribution in [0.3, 0.4) is 0 Å². The Balaban J connectivity index is 1.92. The van der Waals surface area contributed by atoms with E-state index in [-0.39, 0.29) is 16.6 Å². The zero-order valence-electron chi connectivity index (χ0n) is 12.4.